The predicted molar refractivity (Wildman–Crippen MR) is 56.2 cm³/mol. The number of aliphatic hydroxyl groups is 1. The van der Waals surface area contributed by atoms with Crippen molar-refractivity contribution in [1.29, 1.82) is 0 Å². The summed E-state index contributed by atoms with van der Waals surface area (Å²) in [6.07, 6.45) is 1.18. The second-order valence-electron chi connectivity index (χ2n) is 4.57. The van der Waals surface area contributed by atoms with E-state index < -0.39 is 6.10 Å². The molecule has 0 amide bonds. The van der Waals surface area contributed by atoms with Crippen molar-refractivity contribution in [1.82, 2.24) is 4.57 Å². The van der Waals surface area contributed by atoms with Gasteiger partial charge in [-0.2, -0.15) is 0 Å². The standard InChI is InChI=1S/C11H17NO2/c1-11(2,3)9(13)8-12-7-5-4-6-10(12)14/h4-7,9,13H,8H2,1-3H3. The first-order valence-corrected chi connectivity index (χ1v) is 4.75. The van der Waals surface area contributed by atoms with Crippen LogP contribution in [0, 0.1) is 5.41 Å². The Morgan fingerprint density at radius 3 is 2.57 bits per heavy atom. The van der Waals surface area contributed by atoms with Gasteiger partial charge < -0.3 is 9.67 Å². The van der Waals surface area contributed by atoms with Gasteiger partial charge in [0.2, 0.25) is 0 Å². The Hall–Kier alpha value is -1.09. The number of pyridine rings is 1. The van der Waals surface area contributed by atoms with E-state index in [-0.39, 0.29) is 11.0 Å². The molecule has 1 heterocycles. The average Bonchev–Trinajstić information content (AvgIpc) is 2.07. The summed E-state index contributed by atoms with van der Waals surface area (Å²) < 4.78 is 1.52. The van der Waals surface area contributed by atoms with Crippen LogP contribution in [0.2, 0.25) is 0 Å². The molecule has 0 saturated carbocycles. The van der Waals surface area contributed by atoms with Gasteiger partial charge >= 0.3 is 0 Å². The van der Waals surface area contributed by atoms with Crippen LogP contribution in [-0.2, 0) is 6.54 Å². The second kappa shape index (κ2) is 3.96. The van der Waals surface area contributed by atoms with Crippen molar-refractivity contribution in [2.45, 2.75) is 33.4 Å². The third kappa shape index (κ3) is 2.70. The summed E-state index contributed by atoms with van der Waals surface area (Å²) in [5.41, 5.74) is -0.272. The number of aliphatic hydroxyl groups excluding tert-OH is 1. The van der Waals surface area contributed by atoms with Crippen LogP contribution in [-0.4, -0.2) is 15.8 Å². The van der Waals surface area contributed by atoms with Gasteiger partial charge in [-0.1, -0.05) is 26.8 Å². The molecule has 0 aliphatic carbocycles. The van der Waals surface area contributed by atoms with Crippen LogP contribution >= 0.6 is 0 Å². The summed E-state index contributed by atoms with van der Waals surface area (Å²) in [5.74, 6) is 0. The summed E-state index contributed by atoms with van der Waals surface area (Å²) in [5, 5.41) is 9.80. The summed E-state index contributed by atoms with van der Waals surface area (Å²) >= 11 is 0. The van der Waals surface area contributed by atoms with Gasteiger partial charge in [-0.05, 0) is 11.5 Å². The van der Waals surface area contributed by atoms with Crippen molar-refractivity contribution >= 4 is 0 Å². The fraction of sp³-hybridized carbons (Fsp3) is 0.545. The Balaban J connectivity index is 2.80. The molecule has 0 aliphatic heterocycles. The van der Waals surface area contributed by atoms with Crippen LogP contribution in [0.15, 0.2) is 29.2 Å². The molecule has 0 radical (unpaired) electrons. The highest BCUT2D eigenvalue weighted by Crippen LogP contribution is 2.19. The van der Waals surface area contributed by atoms with Crippen LogP contribution in [0.4, 0.5) is 0 Å². The van der Waals surface area contributed by atoms with E-state index in [9.17, 15) is 9.90 Å². The number of hydrogen-bond donors (Lipinski definition) is 1. The fourth-order valence-electron chi connectivity index (χ4n) is 1.07. The molecule has 0 fully saturated rings. The number of aromatic nitrogens is 1. The van der Waals surface area contributed by atoms with E-state index in [1.165, 1.54) is 10.6 Å². The molecule has 1 unspecified atom stereocenters. The van der Waals surface area contributed by atoms with Crippen molar-refractivity contribution in [3.05, 3.63) is 34.7 Å². The average molecular weight is 195 g/mol. The number of nitrogens with zero attached hydrogens (tertiary/aromatic N) is 1. The highest BCUT2D eigenvalue weighted by atomic mass is 16.3. The molecule has 1 aromatic heterocycles. The van der Waals surface area contributed by atoms with Crippen LogP contribution in [0.25, 0.3) is 0 Å². The molecule has 1 aromatic rings. The van der Waals surface area contributed by atoms with E-state index >= 15 is 0 Å². The Labute approximate surface area is 84.0 Å². The topological polar surface area (TPSA) is 42.2 Å². The Kier molecular flexibility index (Phi) is 3.11. The van der Waals surface area contributed by atoms with E-state index in [0.717, 1.165) is 0 Å². The fourth-order valence-corrected chi connectivity index (χ4v) is 1.07. The van der Waals surface area contributed by atoms with Crippen molar-refractivity contribution < 1.29 is 5.11 Å². The lowest BCUT2D eigenvalue weighted by Gasteiger charge is -2.26. The van der Waals surface area contributed by atoms with Gasteiger partial charge in [-0.25, -0.2) is 0 Å². The van der Waals surface area contributed by atoms with E-state index in [1.54, 1.807) is 18.3 Å². The Bertz CT molecular complexity index is 349. The summed E-state index contributed by atoms with van der Waals surface area (Å²) in [6.45, 7) is 6.20. The summed E-state index contributed by atoms with van der Waals surface area (Å²) in [4.78, 5) is 11.3. The first-order valence-electron chi connectivity index (χ1n) is 4.75. The molecule has 0 aliphatic rings. The molecule has 78 valence electrons. The lowest BCUT2D eigenvalue weighted by atomic mass is 9.89. The molecule has 0 aromatic carbocycles. The van der Waals surface area contributed by atoms with E-state index in [0.29, 0.717) is 6.54 Å². The maximum Gasteiger partial charge on any atom is 0.250 e. The van der Waals surface area contributed by atoms with Gasteiger partial charge in [0, 0.05) is 12.3 Å². The number of hydrogen-bond acceptors (Lipinski definition) is 2. The first kappa shape index (κ1) is 11.0. The Morgan fingerprint density at radius 1 is 1.43 bits per heavy atom. The normalized spacial score (nSPS) is 14.0. The van der Waals surface area contributed by atoms with Crippen LogP contribution in [0.5, 0.6) is 0 Å². The zero-order valence-corrected chi connectivity index (χ0v) is 8.90. The highest BCUT2D eigenvalue weighted by Gasteiger charge is 2.22. The Morgan fingerprint density at radius 2 is 2.07 bits per heavy atom. The van der Waals surface area contributed by atoms with Gasteiger partial charge in [0.25, 0.3) is 5.56 Å². The second-order valence-corrected chi connectivity index (χ2v) is 4.57. The maximum atomic E-state index is 11.3. The quantitative estimate of drug-likeness (QED) is 0.771. The minimum Gasteiger partial charge on any atom is -0.391 e. The molecule has 1 atom stereocenters. The molecule has 3 heteroatoms. The van der Waals surface area contributed by atoms with Crippen LogP contribution in [0.3, 0.4) is 0 Å². The molecule has 1 rings (SSSR count). The molecule has 0 spiro atoms. The van der Waals surface area contributed by atoms with Crippen molar-refractivity contribution in [3.8, 4) is 0 Å². The maximum absolute atomic E-state index is 11.3. The molecular weight excluding hydrogens is 178 g/mol. The van der Waals surface area contributed by atoms with Gasteiger partial charge in [0.1, 0.15) is 0 Å². The lowest BCUT2D eigenvalue weighted by Crippen LogP contribution is -2.34. The van der Waals surface area contributed by atoms with Crippen LogP contribution in [0.1, 0.15) is 20.8 Å². The van der Waals surface area contributed by atoms with Crippen LogP contribution < -0.4 is 5.56 Å². The van der Waals surface area contributed by atoms with Gasteiger partial charge in [-0.15, -0.1) is 0 Å². The SMILES string of the molecule is CC(C)(C)C(O)Cn1ccccc1=O. The predicted octanol–water partition coefficient (Wildman–Crippen LogP) is 1.26. The van der Waals surface area contributed by atoms with E-state index in [1.807, 2.05) is 20.8 Å². The van der Waals surface area contributed by atoms with E-state index in [4.69, 9.17) is 0 Å². The number of rotatable bonds is 2. The largest absolute Gasteiger partial charge is 0.391 e. The first-order chi connectivity index (χ1) is 6.41. The molecular formula is C11H17NO2. The molecule has 0 saturated heterocycles. The molecule has 3 nitrogen and oxygen atoms in total. The van der Waals surface area contributed by atoms with Crippen molar-refractivity contribution in [2.75, 3.05) is 0 Å². The van der Waals surface area contributed by atoms with Crippen molar-refractivity contribution in [3.63, 3.8) is 0 Å². The molecule has 14 heavy (non-hydrogen) atoms. The molecule has 0 bridgehead atoms. The third-order valence-corrected chi connectivity index (χ3v) is 2.27. The zero-order chi connectivity index (χ0) is 10.8. The van der Waals surface area contributed by atoms with Gasteiger partial charge in [-0.3, -0.25) is 4.79 Å². The minimum atomic E-state index is -0.511. The van der Waals surface area contributed by atoms with Gasteiger partial charge in [0.05, 0.1) is 12.6 Å². The third-order valence-electron chi connectivity index (χ3n) is 2.27. The zero-order valence-electron chi connectivity index (χ0n) is 8.90. The van der Waals surface area contributed by atoms with Crippen molar-refractivity contribution in [2.24, 2.45) is 5.41 Å². The highest BCUT2D eigenvalue weighted by molar-refractivity contribution is 4.94. The monoisotopic (exact) mass is 195 g/mol. The lowest BCUT2D eigenvalue weighted by molar-refractivity contribution is 0.0472. The molecule has 1 N–H and O–H groups in total. The smallest absolute Gasteiger partial charge is 0.250 e. The van der Waals surface area contributed by atoms with E-state index in [2.05, 4.69) is 0 Å². The summed E-state index contributed by atoms with van der Waals surface area (Å²) in [6, 6.07) is 4.98. The van der Waals surface area contributed by atoms with Gasteiger partial charge in [0.15, 0.2) is 0 Å². The minimum absolute atomic E-state index is 0.0733. The summed E-state index contributed by atoms with van der Waals surface area (Å²) in [7, 11) is 0.